The average Bonchev–Trinajstić information content (AvgIpc) is 2.46. The maximum Gasteiger partial charge on any atom is 0.252 e. The molecule has 2 aromatic carbocycles. The first-order chi connectivity index (χ1) is 9.50. The van der Waals surface area contributed by atoms with E-state index in [0.29, 0.717) is 0 Å². The van der Waals surface area contributed by atoms with Crippen molar-refractivity contribution in [2.24, 2.45) is 11.1 Å². The van der Waals surface area contributed by atoms with Crippen LogP contribution in [0.15, 0.2) is 42.5 Å². The molecule has 3 rings (SSSR count). The number of amides is 1. The summed E-state index contributed by atoms with van der Waals surface area (Å²) < 4.78 is 0. The lowest BCUT2D eigenvalue weighted by Gasteiger charge is -2.50. The van der Waals surface area contributed by atoms with Gasteiger partial charge in [-0.2, -0.15) is 0 Å². The van der Waals surface area contributed by atoms with Gasteiger partial charge in [-0.15, -0.1) is 0 Å². The molecule has 0 aromatic heterocycles. The second kappa shape index (κ2) is 4.60. The Balaban J connectivity index is 1.87. The van der Waals surface area contributed by atoms with Crippen LogP contribution < -0.4 is 11.1 Å². The van der Waals surface area contributed by atoms with Crippen LogP contribution in [0.5, 0.6) is 0 Å². The lowest BCUT2D eigenvalue weighted by molar-refractivity contribution is 0.0588. The zero-order valence-electron chi connectivity index (χ0n) is 11.9. The minimum absolute atomic E-state index is 0.00762. The second-order valence-corrected chi connectivity index (χ2v) is 6.22. The third kappa shape index (κ3) is 1.98. The SMILES string of the molecule is CC1(C)C(N)CC1NC(=O)c1cccc2ccccc12. The van der Waals surface area contributed by atoms with Crippen LogP contribution in [0.1, 0.15) is 30.6 Å². The molecule has 2 atom stereocenters. The van der Waals surface area contributed by atoms with Gasteiger partial charge in [-0.25, -0.2) is 0 Å². The Kier molecular flexibility index (Phi) is 3.02. The molecule has 0 bridgehead atoms. The summed E-state index contributed by atoms with van der Waals surface area (Å²) in [5.41, 5.74) is 6.71. The maximum absolute atomic E-state index is 12.5. The van der Waals surface area contributed by atoms with E-state index >= 15 is 0 Å². The van der Waals surface area contributed by atoms with E-state index in [1.54, 1.807) is 0 Å². The van der Waals surface area contributed by atoms with Crippen molar-refractivity contribution in [3.05, 3.63) is 48.0 Å². The third-order valence-electron chi connectivity index (χ3n) is 4.68. The molecule has 0 saturated heterocycles. The van der Waals surface area contributed by atoms with Gasteiger partial charge >= 0.3 is 0 Å². The largest absolute Gasteiger partial charge is 0.349 e. The molecule has 0 heterocycles. The number of nitrogens with one attached hydrogen (secondary N) is 1. The van der Waals surface area contributed by atoms with Crippen molar-refractivity contribution in [3.8, 4) is 0 Å². The van der Waals surface area contributed by atoms with E-state index in [4.69, 9.17) is 5.73 Å². The quantitative estimate of drug-likeness (QED) is 0.880. The summed E-state index contributed by atoms with van der Waals surface area (Å²) in [7, 11) is 0. The fourth-order valence-electron chi connectivity index (χ4n) is 2.86. The Bertz CT molecular complexity index is 658. The molecule has 0 radical (unpaired) electrons. The van der Waals surface area contributed by atoms with Crippen molar-refractivity contribution in [1.29, 1.82) is 0 Å². The molecule has 1 saturated carbocycles. The van der Waals surface area contributed by atoms with Gasteiger partial charge in [0.1, 0.15) is 0 Å². The van der Waals surface area contributed by atoms with Crippen LogP contribution in [0.3, 0.4) is 0 Å². The first-order valence-corrected chi connectivity index (χ1v) is 7.04. The molecule has 1 amide bonds. The van der Waals surface area contributed by atoms with Gasteiger partial charge in [-0.05, 0) is 23.3 Å². The van der Waals surface area contributed by atoms with Gasteiger partial charge in [0.2, 0.25) is 0 Å². The molecule has 20 heavy (non-hydrogen) atoms. The van der Waals surface area contributed by atoms with E-state index in [1.165, 1.54) is 0 Å². The van der Waals surface area contributed by atoms with Crippen molar-refractivity contribution in [2.75, 3.05) is 0 Å². The van der Waals surface area contributed by atoms with E-state index in [9.17, 15) is 4.79 Å². The second-order valence-electron chi connectivity index (χ2n) is 6.22. The standard InChI is InChI=1S/C17H20N2O/c1-17(2)14(18)10-15(17)19-16(20)13-9-5-7-11-6-3-4-8-12(11)13/h3-9,14-15H,10,18H2,1-2H3,(H,19,20). The topological polar surface area (TPSA) is 55.1 Å². The Hall–Kier alpha value is -1.87. The average molecular weight is 268 g/mol. The Labute approximate surface area is 119 Å². The molecule has 3 N–H and O–H groups in total. The predicted octanol–water partition coefficient (Wildman–Crippen LogP) is 2.70. The van der Waals surface area contributed by atoms with E-state index in [0.717, 1.165) is 22.8 Å². The summed E-state index contributed by atoms with van der Waals surface area (Å²) in [5, 5.41) is 5.21. The zero-order chi connectivity index (χ0) is 14.3. The molecule has 0 spiro atoms. The highest BCUT2D eigenvalue weighted by Crippen LogP contribution is 2.39. The Morgan fingerprint density at radius 3 is 2.60 bits per heavy atom. The van der Waals surface area contributed by atoms with Crippen LogP contribution in [-0.2, 0) is 0 Å². The highest BCUT2D eigenvalue weighted by atomic mass is 16.1. The van der Waals surface area contributed by atoms with Crippen LogP contribution >= 0.6 is 0 Å². The molecule has 2 aromatic rings. The van der Waals surface area contributed by atoms with Gasteiger partial charge in [-0.1, -0.05) is 50.2 Å². The molecular formula is C17H20N2O. The normalized spacial score (nSPS) is 24.1. The van der Waals surface area contributed by atoms with E-state index in [2.05, 4.69) is 19.2 Å². The fourth-order valence-corrected chi connectivity index (χ4v) is 2.86. The number of nitrogens with two attached hydrogens (primary N) is 1. The van der Waals surface area contributed by atoms with Crippen molar-refractivity contribution in [3.63, 3.8) is 0 Å². The molecule has 1 aliphatic rings. The van der Waals surface area contributed by atoms with Crippen molar-refractivity contribution < 1.29 is 4.79 Å². The lowest BCUT2D eigenvalue weighted by Crippen LogP contribution is -2.64. The van der Waals surface area contributed by atoms with Gasteiger partial charge in [0.25, 0.3) is 5.91 Å². The summed E-state index contributed by atoms with van der Waals surface area (Å²) in [4.78, 5) is 12.5. The molecule has 1 aliphatic carbocycles. The molecule has 3 nitrogen and oxygen atoms in total. The van der Waals surface area contributed by atoms with Crippen molar-refractivity contribution >= 4 is 16.7 Å². The van der Waals surface area contributed by atoms with Crippen LogP contribution in [-0.4, -0.2) is 18.0 Å². The van der Waals surface area contributed by atoms with Crippen molar-refractivity contribution in [2.45, 2.75) is 32.4 Å². The van der Waals surface area contributed by atoms with Gasteiger partial charge in [0, 0.05) is 23.1 Å². The number of carbonyl (C=O) groups excluding carboxylic acids is 1. The fraction of sp³-hybridized carbons (Fsp3) is 0.353. The van der Waals surface area contributed by atoms with Crippen LogP contribution in [0.25, 0.3) is 10.8 Å². The number of carbonyl (C=O) groups is 1. The summed E-state index contributed by atoms with van der Waals surface area (Å²) in [6, 6.07) is 14.1. The van der Waals surface area contributed by atoms with E-state index in [1.807, 2.05) is 42.5 Å². The van der Waals surface area contributed by atoms with E-state index < -0.39 is 0 Å². The summed E-state index contributed by atoms with van der Waals surface area (Å²) >= 11 is 0. The molecule has 0 aliphatic heterocycles. The van der Waals surface area contributed by atoms with Gasteiger partial charge in [0.15, 0.2) is 0 Å². The first kappa shape index (κ1) is 13.1. The lowest BCUT2D eigenvalue weighted by atomic mass is 9.63. The molecule has 2 unspecified atom stereocenters. The highest BCUT2D eigenvalue weighted by Gasteiger charge is 2.46. The summed E-state index contributed by atoms with van der Waals surface area (Å²) in [6.45, 7) is 4.21. The summed E-state index contributed by atoms with van der Waals surface area (Å²) in [5.74, 6) is -0.00762. The van der Waals surface area contributed by atoms with Crippen molar-refractivity contribution in [1.82, 2.24) is 5.32 Å². The minimum Gasteiger partial charge on any atom is -0.349 e. The number of fused-ring (bicyclic) bond motifs is 1. The smallest absolute Gasteiger partial charge is 0.252 e. The predicted molar refractivity (Wildman–Crippen MR) is 81.6 cm³/mol. The Morgan fingerprint density at radius 2 is 1.90 bits per heavy atom. The highest BCUT2D eigenvalue weighted by molar-refractivity contribution is 6.07. The summed E-state index contributed by atoms with van der Waals surface area (Å²) in [6.07, 6.45) is 0.851. The minimum atomic E-state index is -0.0275. The molecule has 1 fully saturated rings. The number of rotatable bonds is 2. The van der Waals surface area contributed by atoms with Gasteiger partial charge in [0.05, 0.1) is 0 Å². The first-order valence-electron chi connectivity index (χ1n) is 7.04. The van der Waals surface area contributed by atoms with Crippen LogP contribution in [0.2, 0.25) is 0 Å². The monoisotopic (exact) mass is 268 g/mol. The third-order valence-corrected chi connectivity index (χ3v) is 4.68. The zero-order valence-corrected chi connectivity index (χ0v) is 11.9. The molecular weight excluding hydrogens is 248 g/mol. The molecule has 3 heteroatoms. The number of benzene rings is 2. The molecule has 104 valence electrons. The number of hydrogen-bond donors (Lipinski definition) is 2. The van der Waals surface area contributed by atoms with Gasteiger partial charge in [-0.3, -0.25) is 4.79 Å². The van der Waals surface area contributed by atoms with Crippen LogP contribution in [0, 0.1) is 5.41 Å². The van der Waals surface area contributed by atoms with Crippen LogP contribution in [0.4, 0.5) is 0 Å². The Morgan fingerprint density at radius 1 is 1.20 bits per heavy atom. The van der Waals surface area contributed by atoms with E-state index in [-0.39, 0.29) is 23.4 Å². The number of hydrogen-bond acceptors (Lipinski definition) is 2. The van der Waals surface area contributed by atoms with Gasteiger partial charge < -0.3 is 11.1 Å². The maximum atomic E-state index is 12.5.